The number of urea groups is 1. The third-order valence-electron chi connectivity index (χ3n) is 4.89. The minimum Gasteiger partial charge on any atom is -0.465 e. The normalized spacial score (nSPS) is 15.5. The summed E-state index contributed by atoms with van der Waals surface area (Å²) in [4.78, 5) is 33.9. The molecule has 0 fully saturated rings. The van der Waals surface area contributed by atoms with Crippen molar-refractivity contribution in [2.45, 2.75) is 12.5 Å². The Labute approximate surface area is 166 Å². The van der Waals surface area contributed by atoms with Crippen molar-refractivity contribution in [2.24, 2.45) is 0 Å². The van der Waals surface area contributed by atoms with Crippen molar-refractivity contribution in [3.8, 4) is 0 Å². The molecule has 3 aromatic rings. The lowest BCUT2D eigenvalue weighted by Crippen LogP contribution is -2.43. The molecule has 0 unspecified atom stereocenters. The number of imidazole rings is 1. The van der Waals surface area contributed by atoms with Crippen LogP contribution in [0.3, 0.4) is 0 Å². The van der Waals surface area contributed by atoms with Crippen LogP contribution < -0.4 is 5.32 Å². The Hall–Kier alpha value is -3.68. The standard InChI is InChI=1S/C21H19FN4O3/c1-29-20(27)14-5-3-7-16(11-14)25-21(28)26-9-8-17-18(24-12-23-17)19(26)13-4-2-6-15(22)10-13/h2-7,10-12,19H,8-9H2,1H3,(H,23,24)(H,25,28)/t19-/m0/s1. The zero-order valence-corrected chi connectivity index (χ0v) is 15.7. The molecule has 4 rings (SSSR count). The van der Waals surface area contributed by atoms with E-state index in [0.29, 0.717) is 35.5 Å². The summed E-state index contributed by atoms with van der Waals surface area (Å²) in [6.45, 7) is 0.429. The average molecular weight is 394 g/mol. The van der Waals surface area contributed by atoms with E-state index in [1.807, 2.05) is 0 Å². The largest absolute Gasteiger partial charge is 0.465 e. The minimum absolute atomic E-state index is 0.334. The summed E-state index contributed by atoms with van der Waals surface area (Å²) >= 11 is 0. The van der Waals surface area contributed by atoms with Crippen LogP contribution in [-0.2, 0) is 11.2 Å². The maximum atomic E-state index is 13.9. The number of nitrogens with zero attached hydrogens (tertiary/aromatic N) is 2. The molecule has 2 N–H and O–H groups in total. The number of nitrogens with one attached hydrogen (secondary N) is 2. The van der Waals surface area contributed by atoms with Crippen molar-refractivity contribution in [1.29, 1.82) is 0 Å². The molecule has 1 aromatic heterocycles. The molecule has 0 saturated carbocycles. The fourth-order valence-electron chi connectivity index (χ4n) is 3.55. The number of hydrogen-bond acceptors (Lipinski definition) is 4. The third-order valence-corrected chi connectivity index (χ3v) is 4.89. The van der Waals surface area contributed by atoms with Crippen molar-refractivity contribution in [2.75, 3.05) is 19.0 Å². The number of aromatic nitrogens is 2. The van der Waals surface area contributed by atoms with Gasteiger partial charge in [0.05, 0.1) is 24.7 Å². The molecular weight excluding hydrogens is 375 g/mol. The fraction of sp³-hybridized carbons (Fsp3) is 0.190. The molecule has 0 saturated heterocycles. The highest BCUT2D eigenvalue weighted by atomic mass is 19.1. The molecule has 2 aromatic carbocycles. The van der Waals surface area contributed by atoms with E-state index in [-0.39, 0.29) is 11.8 Å². The van der Waals surface area contributed by atoms with Crippen molar-refractivity contribution < 1.29 is 18.7 Å². The van der Waals surface area contributed by atoms with Gasteiger partial charge in [-0.25, -0.2) is 19.0 Å². The van der Waals surface area contributed by atoms with Crippen molar-refractivity contribution >= 4 is 17.7 Å². The number of fused-ring (bicyclic) bond motifs is 1. The Morgan fingerprint density at radius 1 is 1.24 bits per heavy atom. The summed E-state index contributed by atoms with van der Waals surface area (Å²) in [5.41, 5.74) is 3.05. The van der Waals surface area contributed by atoms with Gasteiger partial charge in [0.1, 0.15) is 11.9 Å². The number of halogens is 1. The molecule has 2 heterocycles. The molecule has 8 heteroatoms. The summed E-state index contributed by atoms with van der Waals surface area (Å²) in [5, 5.41) is 2.82. The van der Waals surface area contributed by atoms with E-state index < -0.39 is 12.0 Å². The Morgan fingerprint density at radius 2 is 2.07 bits per heavy atom. The molecule has 2 amide bonds. The van der Waals surface area contributed by atoms with Gasteiger partial charge in [-0.05, 0) is 35.9 Å². The highest BCUT2D eigenvalue weighted by molar-refractivity contribution is 5.94. The summed E-state index contributed by atoms with van der Waals surface area (Å²) in [7, 11) is 1.30. The molecular formula is C21H19FN4O3. The monoisotopic (exact) mass is 394 g/mol. The predicted octanol–water partition coefficient (Wildman–Crippen LogP) is 3.52. The van der Waals surface area contributed by atoms with Gasteiger partial charge in [0.15, 0.2) is 0 Å². The molecule has 1 atom stereocenters. The zero-order chi connectivity index (χ0) is 20.4. The van der Waals surface area contributed by atoms with Crippen LogP contribution in [0.1, 0.15) is 33.4 Å². The minimum atomic E-state index is -0.524. The molecule has 29 heavy (non-hydrogen) atoms. The van der Waals surface area contributed by atoms with Crippen LogP contribution in [0.4, 0.5) is 14.9 Å². The van der Waals surface area contributed by atoms with Gasteiger partial charge >= 0.3 is 12.0 Å². The maximum absolute atomic E-state index is 13.9. The highest BCUT2D eigenvalue weighted by Gasteiger charge is 2.34. The molecule has 0 spiro atoms. The number of carbonyl (C=O) groups excluding carboxylic acids is 2. The lowest BCUT2D eigenvalue weighted by Gasteiger charge is -2.35. The number of methoxy groups -OCH3 is 1. The van der Waals surface area contributed by atoms with Gasteiger partial charge in [-0.1, -0.05) is 18.2 Å². The van der Waals surface area contributed by atoms with E-state index in [1.54, 1.807) is 47.6 Å². The van der Waals surface area contributed by atoms with Crippen LogP contribution >= 0.6 is 0 Å². The molecule has 0 aliphatic carbocycles. The van der Waals surface area contributed by atoms with E-state index in [4.69, 9.17) is 4.74 Å². The quantitative estimate of drug-likeness (QED) is 0.666. The molecule has 0 bridgehead atoms. The van der Waals surface area contributed by atoms with Crippen molar-refractivity contribution in [3.05, 3.63) is 83.2 Å². The molecule has 1 aliphatic heterocycles. The topological polar surface area (TPSA) is 87.3 Å². The Morgan fingerprint density at radius 3 is 2.86 bits per heavy atom. The molecule has 0 radical (unpaired) electrons. The summed E-state index contributed by atoms with van der Waals surface area (Å²) in [6.07, 6.45) is 2.19. The highest BCUT2D eigenvalue weighted by Crippen LogP contribution is 2.34. The number of hydrogen-bond donors (Lipinski definition) is 2. The van der Waals surface area contributed by atoms with Crippen LogP contribution in [0.5, 0.6) is 0 Å². The van der Waals surface area contributed by atoms with Gasteiger partial charge in [-0.2, -0.15) is 0 Å². The van der Waals surface area contributed by atoms with Gasteiger partial charge in [0, 0.05) is 24.3 Å². The number of H-pyrrole nitrogens is 1. The molecule has 7 nitrogen and oxygen atoms in total. The number of aromatic amines is 1. The van der Waals surface area contributed by atoms with Gasteiger partial charge in [-0.15, -0.1) is 0 Å². The SMILES string of the molecule is COC(=O)c1cccc(NC(=O)N2CCc3[nH]cnc3[C@@H]2c2cccc(F)c2)c1. The summed E-state index contributed by atoms with van der Waals surface area (Å²) in [6, 6.07) is 11.8. The smallest absolute Gasteiger partial charge is 0.337 e. The predicted molar refractivity (Wildman–Crippen MR) is 104 cm³/mol. The summed E-state index contributed by atoms with van der Waals surface area (Å²) < 4.78 is 18.6. The lowest BCUT2D eigenvalue weighted by atomic mass is 9.96. The zero-order valence-electron chi connectivity index (χ0n) is 15.7. The first-order chi connectivity index (χ1) is 14.1. The Balaban J connectivity index is 1.64. The lowest BCUT2D eigenvalue weighted by molar-refractivity contribution is 0.0600. The Kier molecular flexibility index (Phi) is 4.99. The summed E-state index contributed by atoms with van der Waals surface area (Å²) in [5.74, 6) is -0.867. The van der Waals surface area contributed by atoms with E-state index >= 15 is 0 Å². The van der Waals surface area contributed by atoms with E-state index in [2.05, 4.69) is 15.3 Å². The van der Waals surface area contributed by atoms with Gasteiger partial charge in [0.2, 0.25) is 0 Å². The Bertz CT molecular complexity index is 1070. The fourth-order valence-corrected chi connectivity index (χ4v) is 3.55. The maximum Gasteiger partial charge on any atom is 0.337 e. The third kappa shape index (κ3) is 3.69. The second-order valence-corrected chi connectivity index (χ2v) is 6.67. The average Bonchev–Trinajstić information content (AvgIpc) is 3.21. The van der Waals surface area contributed by atoms with Crippen LogP contribution in [0.15, 0.2) is 54.9 Å². The first-order valence-electron chi connectivity index (χ1n) is 9.10. The van der Waals surface area contributed by atoms with Crippen LogP contribution in [-0.4, -0.2) is 40.5 Å². The number of anilines is 1. The number of ether oxygens (including phenoxy) is 1. The second-order valence-electron chi connectivity index (χ2n) is 6.67. The first-order valence-corrected chi connectivity index (χ1v) is 9.10. The van der Waals surface area contributed by atoms with E-state index in [1.165, 1.54) is 19.2 Å². The van der Waals surface area contributed by atoms with E-state index in [0.717, 1.165) is 5.69 Å². The molecule has 148 valence electrons. The van der Waals surface area contributed by atoms with Crippen LogP contribution in [0.2, 0.25) is 0 Å². The van der Waals surface area contributed by atoms with Gasteiger partial charge in [-0.3, -0.25) is 0 Å². The van der Waals surface area contributed by atoms with Gasteiger partial charge in [0.25, 0.3) is 0 Å². The van der Waals surface area contributed by atoms with E-state index in [9.17, 15) is 14.0 Å². The number of amides is 2. The van der Waals surface area contributed by atoms with Crippen molar-refractivity contribution in [3.63, 3.8) is 0 Å². The van der Waals surface area contributed by atoms with Gasteiger partial charge < -0.3 is 19.9 Å². The number of rotatable bonds is 3. The van der Waals surface area contributed by atoms with Crippen molar-refractivity contribution in [1.82, 2.24) is 14.9 Å². The molecule has 1 aliphatic rings. The first kappa shape index (κ1) is 18.7. The number of esters is 1. The number of benzene rings is 2. The van der Waals surface area contributed by atoms with Crippen LogP contribution in [0.25, 0.3) is 0 Å². The van der Waals surface area contributed by atoms with Crippen LogP contribution in [0, 0.1) is 5.82 Å². The number of carbonyl (C=O) groups is 2. The second kappa shape index (κ2) is 7.75.